The predicted octanol–water partition coefficient (Wildman–Crippen LogP) is 4.66. The van der Waals surface area contributed by atoms with Gasteiger partial charge < -0.3 is 5.11 Å². The zero-order valence-corrected chi connectivity index (χ0v) is 10.4. The van der Waals surface area contributed by atoms with Crippen LogP contribution >= 0.6 is 58.0 Å². The van der Waals surface area contributed by atoms with Gasteiger partial charge >= 0.3 is 0 Å². The first-order valence-electron chi connectivity index (χ1n) is 2.67. The summed E-state index contributed by atoms with van der Waals surface area (Å²) in [5.41, 5.74) is 0. The van der Waals surface area contributed by atoms with Gasteiger partial charge in [0.05, 0.1) is 15.1 Å². The van der Waals surface area contributed by atoms with Gasteiger partial charge in [0.15, 0.2) is 5.75 Å². The van der Waals surface area contributed by atoms with Crippen molar-refractivity contribution in [2.45, 2.75) is 0 Å². The normalized spacial score (nSPS) is 9.62. The minimum Gasteiger partial charge on any atom is -0.505 e. The molecule has 0 saturated carbocycles. The van der Waals surface area contributed by atoms with Gasteiger partial charge in [0.1, 0.15) is 10.0 Å². The number of hydrogen-bond acceptors (Lipinski definition) is 1. The Morgan fingerprint density at radius 3 is 1.15 bits per heavy atom. The van der Waals surface area contributed by atoms with E-state index in [0.29, 0.717) is 0 Å². The van der Waals surface area contributed by atoms with E-state index in [2.05, 4.69) is 0 Å². The zero-order chi connectivity index (χ0) is 9.46. The molecule has 1 N–H and O–H groups in total. The molecule has 0 unspecified atom stereocenters. The minimum absolute atomic E-state index is 0. The molecule has 0 amide bonds. The van der Waals surface area contributed by atoms with E-state index in [4.69, 9.17) is 58.0 Å². The van der Waals surface area contributed by atoms with Gasteiger partial charge in [0.25, 0.3) is 0 Å². The first-order chi connectivity index (χ1) is 5.46. The molecule has 7 heteroatoms. The van der Waals surface area contributed by atoms with Gasteiger partial charge in [-0.3, -0.25) is 0 Å². The summed E-state index contributed by atoms with van der Waals surface area (Å²) in [7, 11) is 0. The third-order valence-corrected chi connectivity index (χ3v) is 3.44. The second kappa shape index (κ2) is 5.16. The molecule has 0 aromatic heterocycles. The Kier molecular flexibility index (Phi) is 5.54. The molecule has 0 bridgehead atoms. The summed E-state index contributed by atoms with van der Waals surface area (Å²) < 4.78 is 0. The van der Waals surface area contributed by atoms with Crippen LogP contribution in [0.5, 0.6) is 5.75 Å². The van der Waals surface area contributed by atoms with Crippen LogP contribution in [0.15, 0.2) is 0 Å². The van der Waals surface area contributed by atoms with Crippen molar-refractivity contribution in [3.05, 3.63) is 25.1 Å². The monoisotopic (exact) mass is 322 g/mol. The number of halogens is 5. The Labute approximate surface area is 110 Å². The van der Waals surface area contributed by atoms with Crippen molar-refractivity contribution in [3.8, 4) is 5.75 Å². The van der Waals surface area contributed by atoms with Crippen molar-refractivity contribution >= 4 is 58.0 Å². The van der Waals surface area contributed by atoms with Crippen LogP contribution in [0.25, 0.3) is 0 Å². The molecule has 1 rings (SSSR count). The number of phenols is 1. The van der Waals surface area contributed by atoms with Crippen LogP contribution in [0.2, 0.25) is 25.1 Å². The van der Waals surface area contributed by atoms with E-state index in [0.717, 1.165) is 0 Å². The molecule has 1 aromatic rings. The fraction of sp³-hybridized carbons (Fsp3) is 0. The summed E-state index contributed by atoms with van der Waals surface area (Å²) in [6.07, 6.45) is 0. The smallest absolute Gasteiger partial charge is 0.155 e. The number of aromatic hydroxyl groups is 1. The molecular weight excluding hydrogens is 324 g/mol. The molecule has 1 aromatic carbocycles. The maximum absolute atomic E-state index is 9.20. The van der Waals surface area contributed by atoms with Gasteiger partial charge in [-0.25, -0.2) is 0 Å². The second-order valence-electron chi connectivity index (χ2n) is 1.92. The molecule has 76 valence electrons. The molecule has 13 heavy (non-hydrogen) atoms. The number of rotatable bonds is 0. The van der Waals surface area contributed by atoms with Crippen LogP contribution < -0.4 is 0 Å². The quantitative estimate of drug-likeness (QED) is 0.418. The van der Waals surface area contributed by atoms with Crippen LogP contribution in [-0.4, -0.2) is 5.11 Å². The minimum atomic E-state index is -0.363. The van der Waals surface area contributed by atoms with Gasteiger partial charge in [-0.15, -0.1) is 0 Å². The Balaban J connectivity index is 0.00000144. The summed E-state index contributed by atoms with van der Waals surface area (Å²) in [6.45, 7) is 0. The van der Waals surface area contributed by atoms with Gasteiger partial charge in [-0.2, -0.15) is 0 Å². The third kappa shape index (κ3) is 2.50. The molecule has 0 atom stereocenters. The van der Waals surface area contributed by atoms with Gasteiger partial charge in [0, 0.05) is 16.5 Å². The molecule has 1 nitrogen and oxygen atoms in total. The van der Waals surface area contributed by atoms with Crippen LogP contribution in [0.1, 0.15) is 0 Å². The zero-order valence-electron chi connectivity index (χ0n) is 5.65. The van der Waals surface area contributed by atoms with E-state index in [-0.39, 0.29) is 47.4 Å². The first-order valence-corrected chi connectivity index (χ1v) is 4.56. The van der Waals surface area contributed by atoms with E-state index in [1.54, 1.807) is 0 Å². The Morgan fingerprint density at radius 1 is 0.615 bits per heavy atom. The average Bonchev–Trinajstić information content (AvgIpc) is 2.08. The molecule has 0 spiro atoms. The SMILES string of the molecule is Oc1c(Cl)c(Cl)c(Cl)c(Cl)c1Cl.[Ni]. The van der Waals surface area contributed by atoms with Gasteiger partial charge in [-0.1, -0.05) is 58.0 Å². The van der Waals surface area contributed by atoms with E-state index in [1.807, 2.05) is 0 Å². The Morgan fingerprint density at radius 2 is 0.846 bits per heavy atom. The molecule has 0 aliphatic rings. The molecule has 0 heterocycles. The fourth-order valence-electron chi connectivity index (χ4n) is 0.593. The largest absolute Gasteiger partial charge is 0.505 e. The van der Waals surface area contributed by atoms with Crippen LogP contribution in [0.3, 0.4) is 0 Å². The Bertz CT molecular complexity index is 235. The second-order valence-corrected chi connectivity index (χ2v) is 3.81. The molecule has 0 aliphatic carbocycles. The Hall–Kier alpha value is 0.964. The van der Waals surface area contributed by atoms with E-state index < -0.39 is 0 Å². The summed E-state index contributed by atoms with van der Waals surface area (Å²) in [5.74, 6) is -0.363. The molecule has 0 aliphatic heterocycles. The van der Waals surface area contributed by atoms with E-state index in [1.165, 1.54) is 0 Å². The topological polar surface area (TPSA) is 20.2 Å². The van der Waals surface area contributed by atoms with Crippen molar-refractivity contribution in [3.63, 3.8) is 0 Å². The molecule has 0 fully saturated rings. The number of phenolic OH excluding ortho intramolecular Hbond substituents is 1. The summed E-state index contributed by atoms with van der Waals surface area (Å²) in [6, 6.07) is 0. The average molecular weight is 325 g/mol. The fourth-order valence-corrected chi connectivity index (χ4v) is 1.72. The van der Waals surface area contributed by atoms with Gasteiger partial charge in [0.2, 0.25) is 0 Å². The predicted molar refractivity (Wildman–Crippen MR) is 53.2 cm³/mol. The summed E-state index contributed by atoms with van der Waals surface area (Å²) >= 11 is 27.9. The van der Waals surface area contributed by atoms with E-state index in [9.17, 15) is 5.11 Å². The van der Waals surface area contributed by atoms with Crippen LogP contribution in [0.4, 0.5) is 0 Å². The van der Waals surface area contributed by atoms with E-state index >= 15 is 0 Å². The van der Waals surface area contributed by atoms with Crippen molar-refractivity contribution in [1.82, 2.24) is 0 Å². The first kappa shape index (κ1) is 14.0. The third-order valence-electron chi connectivity index (χ3n) is 1.19. The van der Waals surface area contributed by atoms with Crippen molar-refractivity contribution in [2.75, 3.05) is 0 Å². The van der Waals surface area contributed by atoms with Crippen molar-refractivity contribution in [1.29, 1.82) is 0 Å². The summed E-state index contributed by atoms with van der Waals surface area (Å²) in [5, 5.41) is 9.01. The maximum atomic E-state index is 9.20. The summed E-state index contributed by atoms with van der Waals surface area (Å²) in [4.78, 5) is 0. The van der Waals surface area contributed by atoms with Crippen LogP contribution in [0, 0.1) is 0 Å². The van der Waals surface area contributed by atoms with Gasteiger partial charge in [-0.05, 0) is 0 Å². The number of benzene rings is 1. The maximum Gasteiger partial charge on any atom is 0.155 e. The number of hydrogen-bond donors (Lipinski definition) is 1. The molecular formula is C6HCl5NiO. The molecule has 0 radical (unpaired) electrons. The van der Waals surface area contributed by atoms with Crippen molar-refractivity contribution in [2.24, 2.45) is 0 Å². The van der Waals surface area contributed by atoms with Crippen LogP contribution in [-0.2, 0) is 16.5 Å². The molecule has 0 saturated heterocycles. The standard InChI is InChI=1S/C6HCl5O.Ni/c7-1-2(8)4(10)6(12)5(11)3(1)9;/h12H;. The van der Waals surface area contributed by atoms with Crippen molar-refractivity contribution < 1.29 is 21.6 Å².